The summed E-state index contributed by atoms with van der Waals surface area (Å²) in [6, 6.07) is 0.243. The second kappa shape index (κ2) is 8.64. The van der Waals surface area contributed by atoms with E-state index in [4.69, 9.17) is 5.73 Å². The lowest BCUT2D eigenvalue weighted by atomic mass is 9.95. The fourth-order valence-corrected chi connectivity index (χ4v) is 3.36. The van der Waals surface area contributed by atoms with Crippen LogP contribution in [0.1, 0.15) is 46.0 Å². The predicted molar refractivity (Wildman–Crippen MR) is 90.8 cm³/mol. The second-order valence-corrected chi connectivity index (χ2v) is 7.15. The van der Waals surface area contributed by atoms with Crippen LogP contribution in [-0.2, 0) is 9.59 Å². The fourth-order valence-electron chi connectivity index (χ4n) is 3.36. The van der Waals surface area contributed by atoms with Crippen molar-refractivity contribution in [3.63, 3.8) is 0 Å². The summed E-state index contributed by atoms with van der Waals surface area (Å²) in [5.74, 6) is 0.114. The van der Waals surface area contributed by atoms with Crippen LogP contribution in [0, 0.1) is 5.92 Å². The van der Waals surface area contributed by atoms with E-state index in [0.717, 1.165) is 25.9 Å². The molecule has 23 heavy (non-hydrogen) atoms. The molecule has 1 aliphatic heterocycles. The third-order valence-electron chi connectivity index (χ3n) is 5.20. The number of carbonyl (C=O) groups is 2. The van der Waals surface area contributed by atoms with Crippen molar-refractivity contribution >= 4 is 11.8 Å². The number of nitrogens with two attached hydrogens (primary N) is 1. The molecule has 1 aliphatic carbocycles. The van der Waals surface area contributed by atoms with Crippen LogP contribution in [0.3, 0.4) is 0 Å². The number of nitrogens with zero attached hydrogens (tertiary/aromatic N) is 2. The number of hydrogen-bond acceptors (Lipinski definition) is 4. The first-order valence-electron chi connectivity index (χ1n) is 9.03. The second-order valence-electron chi connectivity index (χ2n) is 7.15. The lowest BCUT2D eigenvalue weighted by Gasteiger charge is -2.36. The highest BCUT2D eigenvalue weighted by molar-refractivity contribution is 5.80. The highest BCUT2D eigenvalue weighted by atomic mass is 16.2. The van der Waals surface area contributed by atoms with E-state index in [1.807, 2.05) is 18.7 Å². The minimum atomic E-state index is -0.142. The van der Waals surface area contributed by atoms with Gasteiger partial charge in [-0.2, -0.15) is 0 Å². The molecule has 0 spiro atoms. The summed E-state index contributed by atoms with van der Waals surface area (Å²) in [6.07, 6.45) is 5.97. The first-order chi connectivity index (χ1) is 11.0. The van der Waals surface area contributed by atoms with Gasteiger partial charge in [0, 0.05) is 38.3 Å². The predicted octanol–water partition coefficient (Wildman–Crippen LogP) is 0.563. The molecule has 6 heteroatoms. The zero-order valence-corrected chi connectivity index (χ0v) is 14.6. The van der Waals surface area contributed by atoms with Gasteiger partial charge in [-0.1, -0.05) is 26.2 Å². The van der Waals surface area contributed by atoms with Crippen LogP contribution >= 0.6 is 0 Å². The molecule has 2 unspecified atom stereocenters. The number of rotatable bonds is 5. The normalized spacial score (nSPS) is 23.3. The lowest BCUT2D eigenvalue weighted by molar-refractivity contribution is -0.137. The van der Waals surface area contributed by atoms with Crippen molar-refractivity contribution in [1.29, 1.82) is 0 Å². The van der Waals surface area contributed by atoms with Crippen molar-refractivity contribution in [1.82, 2.24) is 15.1 Å². The van der Waals surface area contributed by atoms with Crippen LogP contribution in [0.4, 0.5) is 0 Å². The molecule has 3 N–H and O–H groups in total. The molecule has 2 amide bonds. The standard InChI is InChI=1S/C17H32N4O2/c1-13(14(2)18)17(23)21-10-8-20(9-11-21)12-16(22)19-15-6-4-3-5-7-15/h13-15H,3-12,18H2,1-2H3,(H,19,22). The van der Waals surface area contributed by atoms with Crippen molar-refractivity contribution in [2.24, 2.45) is 11.7 Å². The summed E-state index contributed by atoms with van der Waals surface area (Å²) in [6.45, 7) is 7.09. The average molecular weight is 324 g/mol. The van der Waals surface area contributed by atoms with E-state index >= 15 is 0 Å². The maximum Gasteiger partial charge on any atom is 0.234 e. The Morgan fingerprint density at radius 2 is 1.70 bits per heavy atom. The minimum Gasteiger partial charge on any atom is -0.352 e. The van der Waals surface area contributed by atoms with Gasteiger partial charge in [-0.3, -0.25) is 14.5 Å². The summed E-state index contributed by atoms with van der Waals surface area (Å²) in [5, 5.41) is 3.16. The van der Waals surface area contributed by atoms with Crippen molar-refractivity contribution in [3.8, 4) is 0 Å². The van der Waals surface area contributed by atoms with Gasteiger partial charge in [0.25, 0.3) is 0 Å². The minimum absolute atomic E-state index is 0.123. The van der Waals surface area contributed by atoms with E-state index in [0.29, 0.717) is 25.7 Å². The smallest absolute Gasteiger partial charge is 0.234 e. The van der Waals surface area contributed by atoms with Gasteiger partial charge in [0.15, 0.2) is 0 Å². The highest BCUT2D eigenvalue weighted by Gasteiger charge is 2.27. The van der Waals surface area contributed by atoms with Gasteiger partial charge in [-0.25, -0.2) is 0 Å². The Hall–Kier alpha value is -1.14. The summed E-state index contributed by atoms with van der Waals surface area (Å²) >= 11 is 0. The molecule has 1 saturated heterocycles. The Balaban J connectivity index is 1.69. The molecule has 2 fully saturated rings. The van der Waals surface area contributed by atoms with Crippen LogP contribution in [0.25, 0.3) is 0 Å². The van der Waals surface area contributed by atoms with Gasteiger partial charge in [0.1, 0.15) is 0 Å². The summed E-state index contributed by atoms with van der Waals surface area (Å²) in [5.41, 5.74) is 5.81. The summed E-state index contributed by atoms with van der Waals surface area (Å²) in [4.78, 5) is 28.4. The van der Waals surface area contributed by atoms with Gasteiger partial charge in [-0.05, 0) is 19.8 Å². The van der Waals surface area contributed by atoms with Gasteiger partial charge >= 0.3 is 0 Å². The number of hydrogen-bond donors (Lipinski definition) is 2. The van der Waals surface area contributed by atoms with Crippen LogP contribution < -0.4 is 11.1 Å². The Bertz CT molecular complexity index is 399. The van der Waals surface area contributed by atoms with Crippen LogP contribution in [-0.4, -0.2) is 66.4 Å². The SMILES string of the molecule is CC(N)C(C)C(=O)N1CCN(CC(=O)NC2CCCCC2)CC1. The zero-order chi connectivity index (χ0) is 16.8. The Morgan fingerprint density at radius 3 is 2.26 bits per heavy atom. The average Bonchev–Trinajstić information content (AvgIpc) is 2.55. The number of carbonyl (C=O) groups excluding carboxylic acids is 2. The molecule has 0 radical (unpaired) electrons. The van der Waals surface area contributed by atoms with Crippen molar-refractivity contribution in [2.75, 3.05) is 32.7 Å². The molecule has 0 aromatic carbocycles. The summed E-state index contributed by atoms with van der Waals surface area (Å²) < 4.78 is 0. The van der Waals surface area contributed by atoms with Crippen molar-refractivity contribution in [3.05, 3.63) is 0 Å². The molecule has 0 bridgehead atoms. The molecular weight excluding hydrogens is 292 g/mol. The quantitative estimate of drug-likeness (QED) is 0.775. The van der Waals surface area contributed by atoms with Gasteiger partial charge in [0.05, 0.1) is 12.5 Å². The molecule has 2 rings (SSSR count). The molecule has 2 atom stereocenters. The zero-order valence-electron chi connectivity index (χ0n) is 14.6. The molecule has 2 aliphatic rings. The molecule has 0 aromatic rings. The first kappa shape index (κ1) is 18.2. The summed E-state index contributed by atoms with van der Waals surface area (Å²) in [7, 11) is 0. The molecular formula is C17H32N4O2. The third-order valence-corrected chi connectivity index (χ3v) is 5.20. The maximum atomic E-state index is 12.3. The largest absolute Gasteiger partial charge is 0.352 e. The molecule has 6 nitrogen and oxygen atoms in total. The van der Waals surface area contributed by atoms with E-state index in [-0.39, 0.29) is 23.8 Å². The Labute approximate surface area is 139 Å². The Morgan fingerprint density at radius 1 is 1.09 bits per heavy atom. The molecule has 1 saturated carbocycles. The van der Waals surface area contributed by atoms with Crippen LogP contribution in [0.15, 0.2) is 0 Å². The van der Waals surface area contributed by atoms with Gasteiger partial charge in [0.2, 0.25) is 11.8 Å². The fraction of sp³-hybridized carbons (Fsp3) is 0.882. The van der Waals surface area contributed by atoms with E-state index in [9.17, 15) is 9.59 Å². The molecule has 0 aromatic heterocycles. The van der Waals surface area contributed by atoms with E-state index < -0.39 is 0 Å². The monoisotopic (exact) mass is 324 g/mol. The van der Waals surface area contributed by atoms with Gasteiger partial charge < -0.3 is 16.0 Å². The topological polar surface area (TPSA) is 78.7 Å². The number of nitrogens with one attached hydrogen (secondary N) is 1. The van der Waals surface area contributed by atoms with E-state index in [1.165, 1.54) is 19.3 Å². The molecule has 132 valence electrons. The van der Waals surface area contributed by atoms with Crippen LogP contribution in [0.2, 0.25) is 0 Å². The highest BCUT2D eigenvalue weighted by Crippen LogP contribution is 2.17. The molecule has 1 heterocycles. The first-order valence-corrected chi connectivity index (χ1v) is 9.03. The van der Waals surface area contributed by atoms with Crippen molar-refractivity contribution < 1.29 is 9.59 Å². The van der Waals surface area contributed by atoms with E-state index in [1.54, 1.807) is 0 Å². The maximum absolute atomic E-state index is 12.3. The van der Waals surface area contributed by atoms with E-state index in [2.05, 4.69) is 10.2 Å². The number of amides is 2. The lowest BCUT2D eigenvalue weighted by Crippen LogP contribution is -2.54. The number of piperazine rings is 1. The van der Waals surface area contributed by atoms with Gasteiger partial charge in [-0.15, -0.1) is 0 Å². The van der Waals surface area contributed by atoms with Crippen LogP contribution in [0.5, 0.6) is 0 Å². The Kier molecular flexibility index (Phi) is 6.84. The van der Waals surface area contributed by atoms with Crippen molar-refractivity contribution in [2.45, 2.75) is 58.0 Å². The third kappa shape index (κ3) is 5.46.